The fourth-order valence-corrected chi connectivity index (χ4v) is 2.66. The van der Waals surface area contributed by atoms with Gasteiger partial charge in [-0.15, -0.1) is 0 Å². The Bertz CT molecular complexity index is 678. The van der Waals surface area contributed by atoms with Crippen molar-refractivity contribution in [3.05, 3.63) is 70.8 Å². The van der Waals surface area contributed by atoms with Crippen LogP contribution in [-0.2, 0) is 12.8 Å². The van der Waals surface area contributed by atoms with E-state index in [-0.39, 0.29) is 24.0 Å². The van der Waals surface area contributed by atoms with Crippen LogP contribution in [0.5, 0.6) is 0 Å². The average Bonchev–Trinajstić information content (AvgIpc) is 2.54. The number of benzene rings is 2. The van der Waals surface area contributed by atoms with E-state index in [1.165, 1.54) is 12.1 Å². The summed E-state index contributed by atoms with van der Waals surface area (Å²) in [5.41, 5.74) is -0.219. The second-order valence-electron chi connectivity index (χ2n) is 6.23. The molecule has 0 heterocycles. The molecule has 0 aromatic heterocycles. The third-order valence-electron chi connectivity index (χ3n) is 3.90. The fourth-order valence-electron chi connectivity index (χ4n) is 2.66. The summed E-state index contributed by atoms with van der Waals surface area (Å²) >= 11 is 0. The van der Waals surface area contributed by atoms with Crippen molar-refractivity contribution < 1.29 is 22.4 Å². The number of carbonyl (C=O) groups excluding carboxylic acids is 1. The summed E-state index contributed by atoms with van der Waals surface area (Å²) in [6, 6.07) is 5.46. The van der Waals surface area contributed by atoms with Crippen molar-refractivity contribution in [3.63, 3.8) is 0 Å². The first-order valence-electron chi connectivity index (χ1n) is 8.20. The molecule has 26 heavy (non-hydrogen) atoms. The molecule has 2 amide bonds. The Hall–Kier alpha value is -2.57. The van der Waals surface area contributed by atoms with Crippen LogP contribution in [0.25, 0.3) is 0 Å². The van der Waals surface area contributed by atoms with Gasteiger partial charge in [-0.3, -0.25) is 0 Å². The van der Waals surface area contributed by atoms with Crippen LogP contribution in [0, 0.1) is 23.3 Å². The van der Waals surface area contributed by atoms with Gasteiger partial charge >= 0.3 is 6.03 Å². The smallest absolute Gasteiger partial charge is 0.315 e. The molecular formula is C19H20F4N2O. The van der Waals surface area contributed by atoms with Crippen molar-refractivity contribution in [1.29, 1.82) is 0 Å². The molecule has 7 heteroatoms. The predicted molar refractivity (Wildman–Crippen MR) is 90.7 cm³/mol. The van der Waals surface area contributed by atoms with Gasteiger partial charge in [-0.05, 0) is 51.0 Å². The van der Waals surface area contributed by atoms with Crippen LogP contribution in [0.2, 0.25) is 0 Å². The Balaban J connectivity index is 1.89. The number of hydrogen-bond donors (Lipinski definition) is 2. The number of rotatable bonds is 6. The Kier molecular flexibility index (Phi) is 6.60. The first kappa shape index (κ1) is 19.8. The van der Waals surface area contributed by atoms with Gasteiger partial charge in [0, 0.05) is 23.2 Å². The third-order valence-corrected chi connectivity index (χ3v) is 3.90. The minimum Gasteiger partial charge on any atom is -0.335 e. The Morgan fingerprint density at radius 3 is 1.38 bits per heavy atom. The van der Waals surface area contributed by atoms with Crippen molar-refractivity contribution in [2.45, 2.75) is 38.8 Å². The van der Waals surface area contributed by atoms with E-state index in [4.69, 9.17) is 0 Å². The lowest BCUT2D eigenvalue weighted by Gasteiger charge is -2.19. The lowest BCUT2D eigenvalue weighted by atomic mass is 10.1. The number of carbonyl (C=O) groups is 1. The first-order valence-corrected chi connectivity index (χ1v) is 8.20. The second-order valence-corrected chi connectivity index (χ2v) is 6.23. The molecule has 0 bridgehead atoms. The van der Waals surface area contributed by atoms with Gasteiger partial charge in [0.1, 0.15) is 23.3 Å². The van der Waals surface area contributed by atoms with Crippen molar-refractivity contribution in [2.75, 3.05) is 0 Å². The Labute approximate surface area is 149 Å². The minimum absolute atomic E-state index is 0.0255. The molecule has 0 aliphatic rings. The van der Waals surface area contributed by atoms with Gasteiger partial charge in [-0.25, -0.2) is 22.4 Å². The molecule has 140 valence electrons. The Morgan fingerprint density at radius 1 is 0.769 bits per heavy atom. The van der Waals surface area contributed by atoms with Gasteiger partial charge in [0.05, 0.1) is 0 Å². The molecule has 0 saturated carbocycles. The molecule has 3 nitrogen and oxygen atoms in total. The zero-order valence-corrected chi connectivity index (χ0v) is 14.5. The topological polar surface area (TPSA) is 41.1 Å². The van der Waals surface area contributed by atoms with E-state index in [0.717, 1.165) is 24.3 Å². The molecule has 2 rings (SSSR count). The summed E-state index contributed by atoms with van der Waals surface area (Å²) in [4.78, 5) is 12.0. The van der Waals surface area contributed by atoms with Crippen LogP contribution < -0.4 is 10.6 Å². The second kappa shape index (κ2) is 8.69. The van der Waals surface area contributed by atoms with E-state index in [1.54, 1.807) is 13.8 Å². The monoisotopic (exact) mass is 368 g/mol. The molecule has 0 radical (unpaired) electrons. The molecule has 0 spiro atoms. The maximum absolute atomic E-state index is 13.6. The third kappa shape index (κ3) is 5.21. The maximum Gasteiger partial charge on any atom is 0.315 e. The summed E-state index contributed by atoms with van der Waals surface area (Å²) in [7, 11) is 0. The van der Waals surface area contributed by atoms with Gasteiger partial charge in [-0.1, -0.05) is 12.1 Å². The van der Waals surface area contributed by atoms with Gasteiger partial charge in [0.15, 0.2) is 0 Å². The lowest BCUT2D eigenvalue weighted by molar-refractivity contribution is 0.234. The predicted octanol–water partition coefficient (Wildman–Crippen LogP) is 4.10. The standard InChI is InChI=1S/C19H20F4N2O/c1-11(9-13-15(20)5-3-6-16(13)21)24-19(26)25-12(2)10-14-17(22)7-4-8-18(14)23/h3-8,11-12H,9-10H2,1-2H3,(H2,24,25,26)/t11-,12+. The van der Waals surface area contributed by atoms with Gasteiger partial charge in [0.25, 0.3) is 0 Å². The van der Waals surface area contributed by atoms with Crippen LogP contribution in [0.3, 0.4) is 0 Å². The van der Waals surface area contributed by atoms with Crippen LogP contribution in [-0.4, -0.2) is 18.1 Å². The van der Waals surface area contributed by atoms with E-state index in [9.17, 15) is 22.4 Å². The number of urea groups is 1. The molecule has 0 saturated heterocycles. The van der Waals surface area contributed by atoms with E-state index >= 15 is 0 Å². The highest BCUT2D eigenvalue weighted by Crippen LogP contribution is 2.15. The normalized spacial score (nSPS) is 13.2. The highest BCUT2D eigenvalue weighted by Gasteiger charge is 2.17. The summed E-state index contributed by atoms with van der Waals surface area (Å²) < 4.78 is 54.5. The molecule has 2 atom stereocenters. The van der Waals surface area contributed by atoms with Crippen molar-refractivity contribution >= 4 is 6.03 Å². The van der Waals surface area contributed by atoms with E-state index in [0.29, 0.717) is 0 Å². The molecule has 2 aromatic carbocycles. The summed E-state index contributed by atoms with van der Waals surface area (Å²) in [6.45, 7) is 3.21. The largest absolute Gasteiger partial charge is 0.335 e. The number of hydrogen-bond acceptors (Lipinski definition) is 1. The SMILES string of the molecule is C[C@H](Cc1c(F)cccc1F)NC(=O)N[C@@H](C)Cc1c(F)cccc1F. The van der Waals surface area contributed by atoms with Crippen molar-refractivity contribution in [1.82, 2.24) is 10.6 Å². The molecular weight excluding hydrogens is 348 g/mol. The van der Waals surface area contributed by atoms with Crippen LogP contribution in [0.1, 0.15) is 25.0 Å². The zero-order chi connectivity index (χ0) is 19.3. The molecule has 2 N–H and O–H groups in total. The molecule has 2 aromatic rings. The van der Waals surface area contributed by atoms with Crippen LogP contribution in [0.15, 0.2) is 36.4 Å². The highest BCUT2D eigenvalue weighted by atomic mass is 19.1. The number of amides is 2. The molecule has 0 fully saturated rings. The highest BCUT2D eigenvalue weighted by molar-refractivity contribution is 5.74. The van der Waals surface area contributed by atoms with E-state index < -0.39 is 41.4 Å². The zero-order valence-electron chi connectivity index (χ0n) is 14.5. The number of nitrogens with one attached hydrogen (secondary N) is 2. The molecule has 0 aliphatic carbocycles. The summed E-state index contributed by atoms with van der Waals surface area (Å²) in [5.74, 6) is -2.71. The molecule has 0 unspecified atom stereocenters. The molecule has 0 aliphatic heterocycles. The maximum atomic E-state index is 13.6. The first-order chi connectivity index (χ1) is 12.3. The summed E-state index contributed by atoms with van der Waals surface area (Å²) in [6.07, 6.45) is -0.0511. The van der Waals surface area contributed by atoms with Crippen LogP contribution >= 0.6 is 0 Å². The minimum atomic E-state index is -0.678. The van der Waals surface area contributed by atoms with E-state index in [2.05, 4.69) is 10.6 Å². The summed E-state index contributed by atoms with van der Waals surface area (Å²) in [5, 5.41) is 5.12. The van der Waals surface area contributed by atoms with Crippen LogP contribution in [0.4, 0.5) is 22.4 Å². The quantitative estimate of drug-likeness (QED) is 0.741. The average molecular weight is 368 g/mol. The van der Waals surface area contributed by atoms with Gasteiger partial charge in [-0.2, -0.15) is 0 Å². The lowest BCUT2D eigenvalue weighted by Crippen LogP contribution is -2.46. The fraction of sp³-hybridized carbons (Fsp3) is 0.316. The van der Waals surface area contributed by atoms with Gasteiger partial charge in [0.2, 0.25) is 0 Å². The van der Waals surface area contributed by atoms with Gasteiger partial charge < -0.3 is 10.6 Å². The van der Waals surface area contributed by atoms with Crippen molar-refractivity contribution in [3.8, 4) is 0 Å². The number of halogens is 4. The Morgan fingerprint density at radius 2 is 1.08 bits per heavy atom. The van der Waals surface area contributed by atoms with Crippen molar-refractivity contribution in [2.24, 2.45) is 0 Å². The van der Waals surface area contributed by atoms with E-state index in [1.807, 2.05) is 0 Å².